The molecule has 0 radical (unpaired) electrons. The van der Waals surface area contributed by atoms with Crippen LogP contribution in [0.25, 0.3) is 0 Å². The normalized spacial score (nSPS) is 18.6. The van der Waals surface area contributed by atoms with Gasteiger partial charge in [-0.1, -0.05) is 20.8 Å². The summed E-state index contributed by atoms with van der Waals surface area (Å²) in [6, 6.07) is 0. The lowest BCUT2D eigenvalue weighted by Crippen LogP contribution is -2.40. The quantitative estimate of drug-likeness (QED) is 0.660. The van der Waals surface area contributed by atoms with Crippen LogP contribution in [0.1, 0.15) is 49.4 Å². The number of aromatic nitrogens is 3. The first-order chi connectivity index (χ1) is 12.4. The maximum absolute atomic E-state index is 4.77. The summed E-state index contributed by atoms with van der Waals surface area (Å²) < 4.78 is 1.88. The standard InChI is InChI=1S/C19H30N6S/c1-19(2,3)16-13-26-17(23-16)6-8-21-18(20-4)25-9-7-14(12-25)15-10-22-24(5)11-15/h10-11,13-14H,6-9,12H2,1-5H3,(H,20,21). The van der Waals surface area contributed by atoms with Crippen LogP contribution in [0.3, 0.4) is 0 Å². The van der Waals surface area contributed by atoms with E-state index < -0.39 is 0 Å². The number of aryl methyl sites for hydroxylation is 1. The average molecular weight is 375 g/mol. The molecule has 0 spiro atoms. The monoisotopic (exact) mass is 374 g/mol. The molecule has 1 N–H and O–H groups in total. The molecule has 142 valence electrons. The molecule has 1 fully saturated rings. The van der Waals surface area contributed by atoms with Gasteiger partial charge in [-0.3, -0.25) is 9.67 Å². The van der Waals surface area contributed by atoms with Gasteiger partial charge < -0.3 is 10.2 Å². The van der Waals surface area contributed by atoms with Gasteiger partial charge in [0.2, 0.25) is 0 Å². The van der Waals surface area contributed by atoms with Crippen LogP contribution in [0.5, 0.6) is 0 Å². The molecule has 1 aliphatic heterocycles. The van der Waals surface area contributed by atoms with Crippen molar-refractivity contribution in [1.29, 1.82) is 0 Å². The Kier molecular flexibility index (Phi) is 5.65. The summed E-state index contributed by atoms with van der Waals surface area (Å²) in [5, 5.41) is 11.2. The summed E-state index contributed by atoms with van der Waals surface area (Å²) in [4.78, 5) is 11.6. The van der Waals surface area contributed by atoms with Crippen molar-refractivity contribution < 1.29 is 0 Å². The van der Waals surface area contributed by atoms with Crippen molar-refractivity contribution in [2.45, 2.75) is 44.9 Å². The summed E-state index contributed by atoms with van der Waals surface area (Å²) in [5.74, 6) is 1.53. The van der Waals surface area contributed by atoms with Crippen LogP contribution < -0.4 is 5.32 Å². The molecule has 3 rings (SSSR count). The van der Waals surface area contributed by atoms with Crippen LogP contribution in [0.15, 0.2) is 22.8 Å². The summed E-state index contributed by atoms with van der Waals surface area (Å²) in [6.07, 6.45) is 6.19. The maximum Gasteiger partial charge on any atom is 0.193 e. The van der Waals surface area contributed by atoms with Gasteiger partial charge in [0, 0.05) is 63.1 Å². The van der Waals surface area contributed by atoms with E-state index in [0.29, 0.717) is 5.92 Å². The fraction of sp³-hybridized carbons (Fsp3) is 0.632. The second-order valence-corrected chi connectivity index (χ2v) is 8.92. The zero-order valence-electron chi connectivity index (χ0n) is 16.5. The van der Waals surface area contributed by atoms with E-state index in [1.807, 2.05) is 25.0 Å². The number of rotatable bonds is 4. The third kappa shape index (κ3) is 4.44. The molecule has 1 atom stereocenters. The molecular formula is C19H30N6S. The van der Waals surface area contributed by atoms with Crippen LogP contribution >= 0.6 is 11.3 Å². The Morgan fingerprint density at radius 1 is 1.42 bits per heavy atom. The van der Waals surface area contributed by atoms with Gasteiger partial charge in [0.25, 0.3) is 0 Å². The van der Waals surface area contributed by atoms with Crippen molar-refractivity contribution >= 4 is 17.3 Å². The Morgan fingerprint density at radius 2 is 2.23 bits per heavy atom. The van der Waals surface area contributed by atoms with Crippen molar-refractivity contribution in [3.63, 3.8) is 0 Å². The lowest BCUT2D eigenvalue weighted by atomic mass is 9.93. The van der Waals surface area contributed by atoms with Gasteiger partial charge in [0.1, 0.15) is 0 Å². The lowest BCUT2D eigenvalue weighted by molar-refractivity contribution is 0.486. The van der Waals surface area contributed by atoms with Gasteiger partial charge in [0.15, 0.2) is 5.96 Å². The molecule has 1 saturated heterocycles. The number of hydrogen-bond acceptors (Lipinski definition) is 4. The predicted octanol–water partition coefficient (Wildman–Crippen LogP) is 2.78. The summed E-state index contributed by atoms with van der Waals surface area (Å²) >= 11 is 1.75. The molecule has 7 heteroatoms. The molecule has 0 aromatic carbocycles. The zero-order valence-corrected chi connectivity index (χ0v) is 17.3. The minimum Gasteiger partial charge on any atom is -0.356 e. The van der Waals surface area contributed by atoms with Gasteiger partial charge in [-0.2, -0.15) is 5.10 Å². The molecule has 1 aliphatic rings. The fourth-order valence-corrected chi connectivity index (χ4v) is 4.28. The summed E-state index contributed by atoms with van der Waals surface area (Å²) in [6.45, 7) is 9.51. The van der Waals surface area contributed by atoms with E-state index in [1.165, 1.54) is 16.3 Å². The highest BCUT2D eigenvalue weighted by molar-refractivity contribution is 7.09. The van der Waals surface area contributed by atoms with Crippen molar-refractivity contribution in [2.75, 3.05) is 26.7 Å². The van der Waals surface area contributed by atoms with Crippen molar-refractivity contribution in [1.82, 2.24) is 25.0 Å². The Balaban J connectivity index is 1.50. The van der Waals surface area contributed by atoms with Gasteiger partial charge in [-0.05, 0) is 12.0 Å². The number of thiazole rings is 1. The Bertz CT molecular complexity index is 754. The van der Waals surface area contributed by atoms with Crippen LogP contribution in [0.4, 0.5) is 0 Å². The molecule has 2 aromatic heterocycles. The molecule has 0 aliphatic carbocycles. The highest BCUT2D eigenvalue weighted by Crippen LogP contribution is 2.27. The zero-order chi connectivity index (χ0) is 18.7. The molecular weight excluding hydrogens is 344 g/mol. The molecule has 6 nitrogen and oxygen atoms in total. The first kappa shape index (κ1) is 18.9. The van der Waals surface area contributed by atoms with Crippen molar-refractivity contribution in [3.05, 3.63) is 34.0 Å². The van der Waals surface area contributed by atoms with Crippen molar-refractivity contribution in [3.8, 4) is 0 Å². The SMILES string of the molecule is CN=C(NCCc1nc(C(C)(C)C)cs1)N1CCC(c2cnn(C)c2)C1. The fourth-order valence-electron chi connectivity index (χ4n) is 3.26. The highest BCUT2D eigenvalue weighted by Gasteiger charge is 2.26. The van der Waals surface area contributed by atoms with Crippen molar-refractivity contribution in [2.24, 2.45) is 12.0 Å². The second kappa shape index (κ2) is 7.78. The van der Waals surface area contributed by atoms with Gasteiger partial charge >= 0.3 is 0 Å². The Labute approximate surface area is 160 Å². The summed E-state index contributed by atoms with van der Waals surface area (Å²) in [7, 11) is 3.83. The molecule has 0 bridgehead atoms. The van der Waals surface area contributed by atoms with E-state index in [4.69, 9.17) is 4.98 Å². The minimum absolute atomic E-state index is 0.120. The molecule has 3 heterocycles. The largest absolute Gasteiger partial charge is 0.356 e. The van der Waals surface area contributed by atoms with E-state index in [9.17, 15) is 0 Å². The Hall–Kier alpha value is -1.89. The topological polar surface area (TPSA) is 58.3 Å². The third-order valence-corrected chi connectivity index (χ3v) is 5.75. The van der Waals surface area contributed by atoms with Gasteiger partial charge in [0.05, 0.1) is 16.9 Å². The van der Waals surface area contributed by atoms with E-state index in [0.717, 1.165) is 38.4 Å². The van der Waals surface area contributed by atoms with E-state index in [-0.39, 0.29) is 5.41 Å². The first-order valence-electron chi connectivity index (χ1n) is 9.26. The minimum atomic E-state index is 0.120. The number of nitrogens with zero attached hydrogens (tertiary/aromatic N) is 5. The molecule has 0 saturated carbocycles. The number of aliphatic imine (C=N–C) groups is 1. The van der Waals surface area contributed by atoms with E-state index in [1.54, 1.807) is 11.3 Å². The van der Waals surface area contributed by atoms with Crippen LogP contribution in [-0.4, -0.2) is 52.3 Å². The first-order valence-corrected chi connectivity index (χ1v) is 10.1. The molecule has 2 aromatic rings. The average Bonchev–Trinajstić information content (AvgIpc) is 3.31. The highest BCUT2D eigenvalue weighted by atomic mass is 32.1. The number of hydrogen-bond donors (Lipinski definition) is 1. The summed E-state index contributed by atoms with van der Waals surface area (Å²) in [5.41, 5.74) is 2.62. The Morgan fingerprint density at radius 3 is 2.85 bits per heavy atom. The van der Waals surface area contributed by atoms with E-state index in [2.05, 4.69) is 52.7 Å². The lowest BCUT2D eigenvalue weighted by Gasteiger charge is -2.21. The van der Waals surface area contributed by atoms with Crippen LogP contribution in [0.2, 0.25) is 0 Å². The molecule has 26 heavy (non-hydrogen) atoms. The second-order valence-electron chi connectivity index (χ2n) is 7.98. The maximum atomic E-state index is 4.77. The van der Waals surface area contributed by atoms with Gasteiger partial charge in [-0.25, -0.2) is 4.98 Å². The van der Waals surface area contributed by atoms with E-state index >= 15 is 0 Å². The van der Waals surface area contributed by atoms with Crippen LogP contribution in [0, 0.1) is 0 Å². The third-order valence-electron chi connectivity index (χ3n) is 4.84. The molecule has 1 unspecified atom stereocenters. The smallest absolute Gasteiger partial charge is 0.193 e. The number of guanidine groups is 1. The predicted molar refractivity (Wildman–Crippen MR) is 108 cm³/mol. The number of likely N-dealkylation sites (tertiary alicyclic amines) is 1. The molecule has 0 amide bonds. The van der Waals surface area contributed by atoms with Crippen LogP contribution in [-0.2, 0) is 18.9 Å². The number of nitrogens with one attached hydrogen (secondary N) is 1. The van der Waals surface area contributed by atoms with Gasteiger partial charge in [-0.15, -0.1) is 11.3 Å².